The molecule has 0 spiro atoms. The van der Waals surface area contributed by atoms with Crippen molar-refractivity contribution in [2.45, 2.75) is 59.7 Å². The van der Waals surface area contributed by atoms with E-state index in [9.17, 15) is 0 Å². The number of aryl methyl sites for hydroxylation is 4. The van der Waals surface area contributed by atoms with E-state index >= 15 is 0 Å². The quantitative estimate of drug-likeness (QED) is 0.863. The van der Waals surface area contributed by atoms with E-state index < -0.39 is 0 Å². The van der Waals surface area contributed by atoms with Crippen LogP contribution in [0.15, 0.2) is 4.42 Å². The van der Waals surface area contributed by atoms with E-state index in [2.05, 4.69) is 20.0 Å². The lowest BCUT2D eigenvalue weighted by molar-refractivity contribution is 0.198. The first-order valence-electron chi connectivity index (χ1n) is 7.58. The van der Waals surface area contributed by atoms with Crippen molar-refractivity contribution < 1.29 is 4.42 Å². The van der Waals surface area contributed by atoms with Crippen LogP contribution >= 0.6 is 0 Å². The molecule has 0 amide bonds. The highest BCUT2D eigenvalue weighted by Crippen LogP contribution is 2.22. The topological polar surface area (TPSA) is 60.0 Å². The van der Waals surface area contributed by atoms with E-state index in [1.165, 1.54) is 12.8 Å². The molecular weight excluding hydrogens is 266 g/mol. The van der Waals surface area contributed by atoms with Crippen molar-refractivity contribution in [3.05, 3.63) is 29.0 Å². The average molecular weight is 289 g/mol. The fourth-order valence-corrected chi connectivity index (χ4v) is 3.02. The van der Waals surface area contributed by atoms with Gasteiger partial charge in [0.25, 0.3) is 0 Å². The fourth-order valence-electron chi connectivity index (χ4n) is 3.02. The predicted molar refractivity (Wildman–Crippen MR) is 78.9 cm³/mol. The van der Waals surface area contributed by atoms with E-state index in [-0.39, 0.29) is 0 Å². The normalized spacial score (nSPS) is 19.5. The molecule has 21 heavy (non-hydrogen) atoms. The molecule has 2 aromatic rings. The first kappa shape index (κ1) is 14.3. The van der Waals surface area contributed by atoms with Crippen molar-refractivity contribution in [2.75, 3.05) is 6.54 Å². The molecule has 0 N–H and O–H groups in total. The molecule has 1 atom stereocenters. The molecule has 1 aliphatic heterocycles. The standard InChI is InChI=1S/C15H23N5O/c1-10-11(2)21-15(16-10)9-19-7-5-6-14(19)8-20-13(4)17-12(3)18-20/h14H,5-9H2,1-4H3/t14-/m1/s1. The van der Waals surface area contributed by atoms with Gasteiger partial charge in [-0.25, -0.2) is 14.6 Å². The van der Waals surface area contributed by atoms with E-state index in [4.69, 9.17) is 4.42 Å². The van der Waals surface area contributed by atoms with Crippen LogP contribution in [0.1, 0.15) is 41.8 Å². The van der Waals surface area contributed by atoms with Gasteiger partial charge in [0.15, 0.2) is 0 Å². The summed E-state index contributed by atoms with van der Waals surface area (Å²) < 4.78 is 7.73. The predicted octanol–water partition coefficient (Wildman–Crippen LogP) is 2.16. The van der Waals surface area contributed by atoms with Crippen LogP contribution < -0.4 is 0 Å². The Bertz CT molecular complexity index is 611. The van der Waals surface area contributed by atoms with Crippen LogP contribution in [-0.4, -0.2) is 37.2 Å². The molecule has 3 rings (SSSR count). The zero-order valence-electron chi connectivity index (χ0n) is 13.3. The minimum Gasteiger partial charge on any atom is -0.444 e. The van der Waals surface area contributed by atoms with Crippen molar-refractivity contribution in [3.8, 4) is 0 Å². The van der Waals surface area contributed by atoms with Gasteiger partial charge >= 0.3 is 0 Å². The van der Waals surface area contributed by atoms with Crippen molar-refractivity contribution in [1.29, 1.82) is 0 Å². The second-order valence-electron chi connectivity index (χ2n) is 5.90. The third kappa shape index (κ3) is 3.00. The van der Waals surface area contributed by atoms with Crippen LogP contribution in [0, 0.1) is 27.7 Å². The molecule has 114 valence electrons. The Morgan fingerprint density at radius 1 is 1.19 bits per heavy atom. The Balaban J connectivity index is 1.69. The first-order valence-corrected chi connectivity index (χ1v) is 7.58. The summed E-state index contributed by atoms with van der Waals surface area (Å²) in [6.07, 6.45) is 2.41. The molecule has 6 heteroatoms. The summed E-state index contributed by atoms with van der Waals surface area (Å²) in [5.41, 5.74) is 0.989. The van der Waals surface area contributed by atoms with Gasteiger partial charge in [0.1, 0.15) is 17.4 Å². The van der Waals surface area contributed by atoms with Gasteiger partial charge in [-0.3, -0.25) is 4.90 Å². The number of aromatic nitrogens is 4. The summed E-state index contributed by atoms with van der Waals surface area (Å²) in [5, 5.41) is 4.47. The summed E-state index contributed by atoms with van der Waals surface area (Å²) in [6, 6.07) is 0.484. The van der Waals surface area contributed by atoms with Crippen LogP contribution in [0.3, 0.4) is 0 Å². The third-order valence-corrected chi connectivity index (χ3v) is 4.26. The molecule has 0 aromatic carbocycles. The zero-order valence-corrected chi connectivity index (χ0v) is 13.3. The maximum Gasteiger partial charge on any atom is 0.208 e. The minimum absolute atomic E-state index is 0.484. The van der Waals surface area contributed by atoms with Crippen molar-refractivity contribution in [1.82, 2.24) is 24.6 Å². The molecule has 0 aliphatic carbocycles. The summed E-state index contributed by atoms with van der Waals surface area (Å²) >= 11 is 0. The van der Waals surface area contributed by atoms with Gasteiger partial charge in [-0.2, -0.15) is 5.10 Å². The van der Waals surface area contributed by atoms with Crippen LogP contribution in [0.2, 0.25) is 0 Å². The second-order valence-corrected chi connectivity index (χ2v) is 5.90. The number of rotatable bonds is 4. The average Bonchev–Trinajstić information content (AvgIpc) is 3.05. The lowest BCUT2D eigenvalue weighted by Gasteiger charge is -2.23. The SMILES string of the molecule is Cc1nc(C)n(C[C@H]2CCCN2Cc2nc(C)c(C)o2)n1. The molecule has 2 aromatic heterocycles. The zero-order chi connectivity index (χ0) is 15.0. The molecule has 6 nitrogen and oxygen atoms in total. The lowest BCUT2D eigenvalue weighted by Crippen LogP contribution is -2.33. The molecular formula is C15H23N5O. The maximum atomic E-state index is 5.72. The molecule has 0 radical (unpaired) electrons. The monoisotopic (exact) mass is 289 g/mol. The Kier molecular flexibility index (Phi) is 3.80. The smallest absolute Gasteiger partial charge is 0.208 e. The van der Waals surface area contributed by atoms with Gasteiger partial charge in [-0.1, -0.05) is 0 Å². The molecule has 0 unspecified atom stereocenters. The van der Waals surface area contributed by atoms with E-state index in [1.807, 2.05) is 32.4 Å². The van der Waals surface area contributed by atoms with Crippen LogP contribution in [0.25, 0.3) is 0 Å². The molecule has 1 saturated heterocycles. The summed E-state index contributed by atoms with van der Waals surface area (Å²) in [5.74, 6) is 3.57. The molecule has 1 fully saturated rings. The summed E-state index contributed by atoms with van der Waals surface area (Å²) in [7, 11) is 0. The fraction of sp³-hybridized carbons (Fsp3) is 0.667. The Morgan fingerprint density at radius 3 is 2.62 bits per heavy atom. The third-order valence-electron chi connectivity index (χ3n) is 4.26. The van der Waals surface area contributed by atoms with E-state index in [0.29, 0.717) is 6.04 Å². The van der Waals surface area contributed by atoms with Crippen LogP contribution in [-0.2, 0) is 13.1 Å². The van der Waals surface area contributed by atoms with E-state index in [1.54, 1.807) is 0 Å². The number of oxazole rings is 1. The lowest BCUT2D eigenvalue weighted by atomic mass is 10.2. The van der Waals surface area contributed by atoms with Gasteiger partial charge in [-0.15, -0.1) is 0 Å². The largest absolute Gasteiger partial charge is 0.444 e. The van der Waals surface area contributed by atoms with Crippen molar-refractivity contribution in [3.63, 3.8) is 0 Å². The minimum atomic E-state index is 0.484. The van der Waals surface area contributed by atoms with E-state index in [0.717, 1.165) is 48.6 Å². The van der Waals surface area contributed by atoms with Crippen LogP contribution in [0.4, 0.5) is 0 Å². The number of likely N-dealkylation sites (tertiary alicyclic amines) is 1. The maximum absolute atomic E-state index is 5.72. The number of nitrogens with zero attached hydrogens (tertiary/aromatic N) is 5. The second kappa shape index (κ2) is 5.60. The highest BCUT2D eigenvalue weighted by Gasteiger charge is 2.27. The Hall–Kier alpha value is -1.69. The molecule has 0 saturated carbocycles. The summed E-state index contributed by atoms with van der Waals surface area (Å²) in [6.45, 7) is 10.7. The van der Waals surface area contributed by atoms with Crippen molar-refractivity contribution >= 4 is 0 Å². The molecule has 0 bridgehead atoms. The van der Waals surface area contributed by atoms with Gasteiger partial charge < -0.3 is 4.42 Å². The number of hydrogen-bond donors (Lipinski definition) is 0. The first-order chi connectivity index (χ1) is 10.0. The Morgan fingerprint density at radius 2 is 2.00 bits per heavy atom. The van der Waals surface area contributed by atoms with Gasteiger partial charge in [0, 0.05) is 6.04 Å². The molecule has 1 aliphatic rings. The van der Waals surface area contributed by atoms with Gasteiger partial charge in [-0.05, 0) is 47.1 Å². The highest BCUT2D eigenvalue weighted by atomic mass is 16.4. The van der Waals surface area contributed by atoms with Crippen LogP contribution in [0.5, 0.6) is 0 Å². The van der Waals surface area contributed by atoms with Crippen molar-refractivity contribution in [2.24, 2.45) is 0 Å². The highest BCUT2D eigenvalue weighted by molar-refractivity contribution is 5.05. The van der Waals surface area contributed by atoms with Gasteiger partial charge in [0.2, 0.25) is 5.89 Å². The number of hydrogen-bond acceptors (Lipinski definition) is 5. The summed E-state index contributed by atoms with van der Waals surface area (Å²) in [4.78, 5) is 11.3. The molecule has 3 heterocycles. The van der Waals surface area contributed by atoms with Gasteiger partial charge in [0.05, 0.1) is 18.8 Å². The Labute approximate surface area is 125 Å².